The Labute approximate surface area is 161 Å². The van der Waals surface area contributed by atoms with Crippen LogP contribution in [0.15, 0.2) is 30.3 Å². The van der Waals surface area contributed by atoms with Crippen molar-refractivity contribution in [2.75, 3.05) is 0 Å². The van der Waals surface area contributed by atoms with Gasteiger partial charge in [0.25, 0.3) is 5.91 Å². The summed E-state index contributed by atoms with van der Waals surface area (Å²) in [5.74, 6) is -0.767. The van der Waals surface area contributed by atoms with E-state index in [2.05, 4.69) is 10.1 Å². The van der Waals surface area contributed by atoms with Gasteiger partial charge in [0, 0.05) is 12.1 Å². The molecule has 142 valence electrons. The van der Waals surface area contributed by atoms with Crippen molar-refractivity contribution < 1.29 is 18.0 Å². The molecule has 5 nitrogen and oxygen atoms in total. The zero-order valence-electron chi connectivity index (χ0n) is 14.0. The fraction of sp³-hybridized carbons (Fsp3) is 0.235. The molecule has 2 aromatic heterocycles. The highest BCUT2D eigenvalue weighted by molar-refractivity contribution is 7.17. The highest BCUT2D eigenvalue weighted by atomic mass is 35.5. The molecule has 3 aromatic rings. The lowest BCUT2D eigenvalue weighted by Gasteiger charge is -2.07. The molecule has 0 saturated heterocycles. The number of benzene rings is 1. The van der Waals surface area contributed by atoms with Crippen LogP contribution in [0.2, 0.25) is 5.02 Å². The first-order valence-corrected chi connectivity index (χ1v) is 9.12. The Kier molecular flexibility index (Phi) is 5.25. The Bertz CT molecular complexity index is 996. The van der Waals surface area contributed by atoms with Gasteiger partial charge in [-0.3, -0.25) is 9.48 Å². The number of nitrogens with two attached hydrogens (primary N) is 1. The van der Waals surface area contributed by atoms with Crippen LogP contribution in [-0.4, -0.2) is 20.7 Å². The number of alkyl halides is 3. The Balaban J connectivity index is 2.27. The SMILES string of the molecule is CCCn1nc(C(F)(F)F)cc1-c1sc(C(N)=O)nc1-c1ccccc1Cl. The van der Waals surface area contributed by atoms with Crippen LogP contribution >= 0.6 is 22.9 Å². The Morgan fingerprint density at radius 3 is 2.63 bits per heavy atom. The number of amides is 1. The monoisotopic (exact) mass is 414 g/mol. The molecule has 1 amide bonds. The number of hydrogen-bond donors (Lipinski definition) is 1. The van der Waals surface area contributed by atoms with E-state index in [4.69, 9.17) is 17.3 Å². The van der Waals surface area contributed by atoms with Gasteiger partial charge in [-0.15, -0.1) is 11.3 Å². The number of aromatic nitrogens is 3. The van der Waals surface area contributed by atoms with Crippen LogP contribution in [-0.2, 0) is 12.7 Å². The minimum absolute atomic E-state index is 0.0160. The molecule has 10 heteroatoms. The molecule has 1 aromatic carbocycles. The molecule has 0 aliphatic heterocycles. The number of carbonyl (C=O) groups excluding carboxylic acids is 1. The van der Waals surface area contributed by atoms with E-state index in [0.29, 0.717) is 27.6 Å². The van der Waals surface area contributed by atoms with Crippen LogP contribution in [0.3, 0.4) is 0 Å². The van der Waals surface area contributed by atoms with Crippen LogP contribution in [0.5, 0.6) is 0 Å². The summed E-state index contributed by atoms with van der Waals surface area (Å²) in [5, 5.41) is 4.02. The first-order chi connectivity index (χ1) is 12.7. The number of aryl methyl sites for hydroxylation is 1. The van der Waals surface area contributed by atoms with Crippen LogP contribution in [0, 0.1) is 0 Å². The van der Waals surface area contributed by atoms with Crippen LogP contribution in [0.1, 0.15) is 28.8 Å². The number of rotatable bonds is 5. The quantitative estimate of drug-likeness (QED) is 0.648. The molecular formula is C17H14ClF3N4OS. The van der Waals surface area contributed by atoms with E-state index in [0.717, 1.165) is 17.4 Å². The number of nitrogens with zero attached hydrogens (tertiary/aromatic N) is 3. The van der Waals surface area contributed by atoms with E-state index in [-0.39, 0.29) is 17.2 Å². The molecule has 0 saturated carbocycles. The summed E-state index contributed by atoms with van der Waals surface area (Å²) in [4.78, 5) is 16.2. The largest absolute Gasteiger partial charge is 0.435 e. The predicted octanol–water partition coefficient (Wildman–Crippen LogP) is 4.85. The van der Waals surface area contributed by atoms with Gasteiger partial charge >= 0.3 is 6.18 Å². The maximum Gasteiger partial charge on any atom is 0.435 e. The second-order valence-electron chi connectivity index (χ2n) is 5.68. The number of hydrogen-bond acceptors (Lipinski definition) is 4. The lowest BCUT2D eigenvalue weighted by atomic mass is 10.1. The summed E-state index contributed by atoms with van der Waals surface area (Å²) in [5.41, 5.74) is 5.33. The average molecular weight is 415 g/mol. The summed E-state index contributed by atoms with van der Waals surface area (Å²) >= 11 is 7.15. The number of carbonyl (C=O) groups is 1. The third kappa shape index (κ3) is 3.84. The zero-order chi connectivity index (χ0) is 19.8. The molecule has 3 rings (SSSR count). The van der Waals surface area contributed by atoms with E-state index in [9.17, 15) is 18.0 Å². The highest BCUT2D eigenvalue weighted by Gasteiger charge is 2.36. The molecular weight excluding hydrogens is 401 g/mol. The zero-order valence-corrected chi connectivity index (χ0v) is 15.6. The number of thiazole rings is 1. The molecule has 0 aliphatic rings. The van der Waals surface area contributed by atoms with Gasteiger partial charge in [0.1, 0.15) is 0 Å². The number of halogens is 4. The van der Waals surface area contributed by atoms with Gasteiger partial charge < -0.3 is 5.73 Å². The first kappa shape index (κ1) is 19.4. The molecule has 0 unspecified atom stereocenters. The van der Waals surface area contributed by atoms with Gasteiger partial charge in [-0.1, -0.05) is 36.7 Å². The van der Waals surface area contributed by atoms with Gasteiger partial charge in [-0.05, 0) is 18.6 Å². The maximum absolute atomic E-state index is 13.2. The molecule has 27 heavy (non-hydrogen) atoms. The molecule has 0 fully saturated rings. The van der Waals surface area contributed by atoms with Crippen molar-refractivity contribution in [3.05, 3.63) is 46.1 Å². The van der Waals surface area contributed by atoms with Crippen LogP contribution in [0.4, 0.5) is 13.2 Å². The fourth-order valence-electron chi connectivity index (χ4n) is 2.56. The lowest BCUT2D eigenvalue weighted by molar-refractivity contribution is -0.141. The fourth-order valence-corrected chi connectivity index (χ4v) is 3.73. The second-order valence-corrected chi connectivity index (χ2v) is 7.08. The molecule has 2 N–H and O–H groups in total. The van der Waals surface area contributed by atoms with Gasteiger partial charge in [0.05, 0.1) is 21.3 Å². The Morgan fingerprint density at radius 1 is 1.33 bits per heavy atom. The van der Waals surface area contributed by atoms with Crippen molar-refractivity contribution in [2.45, 2.75) is 26.1 Å². The second kappa shape index (κ2) is 7.32. The van der Waals surface area contributed by atoms with Gasteiger partial charge in [-0.2, -0.15) is 18.3 Å². The summed E-state index contributed by atoms with van der Waals surface area (Å²) in [6.07, 6.45) is -4.01. The van der Waals surface area contributed by atoms with Crippen molar-refractivity contribution in [3.8, 4) is 21.8 Å². The van der Waals surface area contributed by atoms with Gasteiger partial charge in [0.15, 0.2) is 10.7 Å². The maximum atomic E-state index is 13.2. The minimum Gasteiger partial charge on any atom is -0.364 e. The number of primary amides is 1. The van der Waals surface area contributed by atoms with Crippen molar-refractivity contribution >= 4 is 28.8 Å². The van der Waals surface area contributed by atoms with Crippen LogP contribution in [0.25, 0.3) is 21.8 Å². The van der Waals surface area contributed by atoms with E-state index in [1.54, 1.807) is 24.3 Å². The van der Waals surface area contributed by atoms with E-state index >= 15 is 0 Å². The Morgan fingerprint density at radius 2 is 2.04 bits per heavy atom. The van der Waals surface area contributed by atoms with Crippen molar-refractivity contribution in [1.29, 1.82) is 0 Å². The molecule has 0 radical (unpaired) electrons. The molecule has 0 spiro atoms. The van der Waals surface area contributed by atoms with E-state index < -0.39 is 17.8 Å². The molecule has 0 bridgehead atoms. The first-order valence-electron chi connectivity index (χ1n) is 7.93. The average Bonchev–Trinajstić information content (AvgIpc) is 3.19. The highest BCUT2D eigenvalue weighted by Crippen LogP contribution is 2.41. The third-order valence-corrected chi connectivity index (χ3v) is 5.13. The summed E-state index contributed by atoms with van der Waals surface area (Å²) in [7, 11) is 0. The van der Waals surface area contributed by atoms with Crippen molar-refractivity contribution in [3.63, 3.8) is 0 Å². The van der Waals surface area contributed by atoms with Crippen molar-refractivity contribution in [1.82, 2.24) is 14.8 Å². The van der Waals surface area contributed by atoms with E-state index in [1.807, 2.05) is 6.92 Å². The standard InChI is InChI=1S/C17H14ClF3N4OS/c1-2-7-25-11(8-12(24-25)17(19,20)21)14-13(23-16(27-14)15(22)26)9-5-3-4-6-10(9)18/h3-6,8H,2,7H2,1H3,(H2,22,26). The molecule has 2 heterocycles. The third-order valence-electron chi connectivity index (χ3n) is 3.71. The topological polar surface area (TPSA) is 73.8 Å². The summed E-state index contributed by atoms with van der Waals surface area (Å²) < 4.78 is 40.8. The lowest BCUT2D eigenvalue weighted by Crippen LogP contribution is -2.10. The van der Waals surface area contributed by atoms with Crippen molar-refractivity contribution in [2.24, 2.45) is 5.73 Å². The summed E-state index contributed by atoms with van der Waals surface area (Å²) in [6.45, 7) is 2.10. The van der Waals surface area contributed by atoms with Crippen LogP contribution < -0.4 is 5.73 Å². The van der Waals surface area contributed by atoms with Gasteiger partial charge in [0.2, 0.25) is 0 Å². The predicted molar refractivity (Wildman–Crippen MR) is 97.6 cm³/mol. The molecule has 0 atom stereocenters. The molecule has 0 aliphatic carbocycles. The van der Waals surface area contributed by atoms with E-state index in [1.165, 1.54) is 4.68 Å². The minimum atomic E-state index is -4.59. The normalized spacial score (nSPS) is 11.7. The summed E-state index contributed by atoms with van der Waals surface area (Å²) in [6, 6.07) is 7.70. The smallest absolute Gasteiger partial charge is 0.364 e. The van der Waals surface area contributed by atoms with Gasteiger partial charge in [-0.25, -0.2) is 4.98 Å². The Hall–Kier alpha value is -2.39.